The minimum atomic E-state index is -0.446. The maximum atomic E-state index is 11.7. The van der Waals surface area contributed by atoms with E-state index in [1.165, 1.54) is 0 Å². The predicted molar refractivity (Wildman–Crippen MR) is 64.3 cm³/mol. The van der Waals surface area contributed by atoms with Crippen LogP contribution in [0.25, 0.3) is 0 Å². The molecule has 1 saturated heterocycles. The molecule has 0 saturated carbocycles. The Labute approximate surface area is 106 Å². The molecule has 2 heterocycles. The zero-order valence-corrected chi connectivity index (χ0v) is 11.1. The highest BCUT2D eigenvalue weighted by molar-refractivity contribution is 5.87. The number of hydrogen-bond acceptors (Lipinski definition) is 5. The van der Waals surface area contributed by atoms with E-state index in [-0.39, 0.29) is 11.9 Å². The summed E-state index contributed by atoms with van der Waals surface area (Å²) in [5.74, 6) is 0.638. The van der Waals surface area contributed by atoms with E-state index in [1.807, 2.05) is 6.92 Å². The summed E-state index contributed by atoms with van der Waals surface area (Å²) in [6.45, 7) is 6.84. The molecule has 0 aromatic carbocycles. The molecule has 2 rings (SSSR count). The third-order valence-electron chi connectivity index (χ3n) is 3.14. The van der Waals surface area contributed by atoms with E-state index in [0.717, 1.165) is 6.42 Å². The molecule has 1 aliphatic rings. The molecule has 1 fully saturated rings. The highest BCUT2D eigenvalue weighted by atomic mass is 16.5. The van der Waals surface area contributed by atoms with Gasteiger partial charge in [-0.25, -0.2) is 9.78 Å². The van der Waals surface area contributed by atoms with Gasteiger partial charge >= 0.3 is 5.97 Å². The Morgan fingerprint density at radius 3 is 2.83 bits per heavy atom. The molecular weight excluding hydrogens is 234 g/mol. The van der Waals surface area contributed by atoms with Gasteiger partial charge in [0, 0.05) is 6.61 Å². The number of esters is 1. The first-order valence-corrected chi connectivity index (χ1v) is 6.45. The van der Waals surface area contributed by atoms with Gasteiger partial charge in [0.05, 0.1) is 12.3 Å². The van der Waals surface area contributed by atoms with Crippen molar-refractivity contribution >= 4 is 5.97 Å². The average molecular weight is 253 g/mol. The topological polar surface area (TPSA) is 61.6 Å². The summed E-state index contributed by atoms with van der Waals surface area (Å²) in [7, 11) is 0. The van der Waals surface area contributed by atoms with Crippen LogP contribution in [0.1, 0.15) is 55.4 Å². The molecule has 5 nitrogen and oxygen atoms in total. The second kappa shape index (κ2) is 5.52. The van der Waals surface area contributed by atoms with E-state index in [2.05, 4.69) is 11.9 Å². The lowest BCUT2D eigenvalue weighted by atomic mass is 10.0. The molecule has 1 aromatic heterocycles. The number of oxazole rings is 1. The molecule has 0 bridgehead atoms. The van der Waals surface area contributed by atoms with Crippen LogP contribution in [0.4, 0.5) is 0 Å². The lowest BCUT2D eigenvalue weighted by molar-refractivity contribution is 0.0456. The Balaban J connectivity index is 2.25. The van der Waals surface area contributed by atoms with Gasteiger partial charge in [-0.1, -0.05) is 13.8 Å². The van der Waals surface area contributed by atoms with Crippen molar-refractivity contribution in [3.8, 4) is 0 Å². The monoisotopic (exact) mass is 253 g/mol. The minimum Gasteiger partial charge on any atom is -0.460 e. The Kier molecular flexibility index (Phi) is 4.01. The van der Waals surface area contributed by atoms with Crippen molar-refractivity contribution in [2.24, 2.45) is 5.92 Å². The molecule has 1 aromatic rings. The lowest BCUT2D eigenvalue weighted by Gasteiger charge is -2.09. The van der Waals surface area contributed by atoms with Crippen LogP contribution in [0.3, 0.4) is 0 Å². The first kappa shape index (κ1) is 13.1. The molecule has 0 radical (unpaired) electrons. The van der Waals surface area contributed by atoms with Gasteiger partial charge in [-0.15, -0.1) is 0 Å². The maximum absolute atomic E-state index is 11.7. The zero-order valence-electron chi connectivity index (χ0n) is 11.1. The third-order valence-corrected chi connectivity index (χ3v) is 3.14. The van der Waals surface area contributed by atoms with Crippen LogP contribution in [-0.4, -0.2) is 24.2 Å². The molecule has 1 aliphatic heterocycles. The summed E-state index contributed by atoms with van der Waals surface area (Å²) < 4.78 is 16.1. The van der Waals surface area contributed by atoms with E-state index < -0.39 is 5.97 Å². The number of aromatic nitrogens is 1. The third kappa shape index (κ3) is 2.41. The van der Waals surface area contributed by atoms with Crippen LogP contribution in [0, 0.1) is 5.92 Å². The van der Waals surface area contributed by atoms with E-state index in [4.69, 9.17) is 13.9 Å². The molecule has 0 N–H and O–H groups in total. The quantitative estimate of drug-likeness (QED) is 0.771. The average Bonchev–Trinajstić information content (AvgIpc) is 2.94. The van der Waals surface area contributed by atoms with Crippen LogP contribution in [-0.2, 0) is 15.9 Å². The standard InChI is InChI=1S/C13H19NO4/c1-4-9-11(13(15)16-5-2)18-12(14-9)10-8(3)6-7-17-10/h8,10H,4-7H2,1-3H3. The van der Waals surface area contributed by atoms with Gasteiger partial charge in [0.15, 0.2) is 0 Å². The fourth-order valence-electron chi connectivity index (χ4n) is 2.10. The molecule has 0 amide bonds. The highest BCUT2D eigenvalue weighted by Crippen LogP contribution is 2.34. The predicted octanol–water partition coefficient (Wildman–Crippen LogP) is 2.51. The van der Waals surface area contributed by atoms with Crippen LogP contribution in [0.15, 0.2) is 4.42 Å². The molecule has 0 spiro atoms. The minimum absolute atomic E-state index is 0.140. The Hall–Kier alpha value is -1.36. The van der Waals surface area contributed by atoms with Crippen molar-refractivity contribution in [3.63, 3.8) is 0 Å². The second-order valence-corrected chi connectivity index (χ2v) is 4.46. The fourth-order valence-corrected chi connectivity index (χ4v) is 2.10. The van der Waals surface area contributed by atoms with Gasteiger partial charge in [-0.3, -0.25) is 0 Å². The van der Waals surface area contributed by atoms with Gasteiger partial charge in [0.25, 0.3) is 0 Å². The molecule has 5 heteroatoms. The van der Waals surface area contributed by atoms with Crippen LogP contribution in [0.5, 0.6) is 0 Å². The zero-order chi connectivity index (χ0) is 13.1. The number of nitrogens with zero attached hydrogens (tertiary/aromatic N) is 1. The summed E-state index contributed by atoms with van der Waals surface area (Å²) in [4.78, 5) is 16.1. The number of carbonyl (C=O) groups is 1. The van der Waals surface area contributed by atoms with E-state index in [1.54, 1.807) is 6.92 Å². The molecule has 2 atom stereocenters. The van der Waals surface area contributed by atoms with Crippen molar-refractivity contribution in [3.05, 3.63) is 17.3 Å². The SMILES string of the molecule is CCOC(=O)c1oc(C2OCCC2C)nc1CC. The highest BCUT2D eigenvalue weighted by Gasteiger charge is 2.32. The van der Waals surface area contributed by atoms with Gasteiger partial charge in [0.1, 0.15) is 6.10 Å². The first-order chi connectivity index (χ1) is 8.67. The number of rotatable bonds is 4. The Bertz CT molecular complexity index is 427. The summed E-state index contributed by atoms with van der Waals surface area (Å²) in [6.07, 6.45) is 1.49. The first-order valence-electron chi connectivity index (χ1n) is 6.45. The fraction of sp³-hybridized carbons (Fsp3) is 0.692. The summed E-state index contributed by atoms with van der Waals surface area (Å²) in [6, 6.07) is 0. The maximum Gasteiger partial charge on any atom is 0.376 e. The van der Waals surface area contributed by atoms with E-state index >= 15 is 0 Å². The number of carbonyl (C=O) groups excluding carboxylic acids is 1. The number of ether oxygens (including phenoxy) is 2. The number of hydrogen-bond donors (Lipinski definition) is 0. The normalized spacial score (nSPS) is 23.3. The van der Waals surface area contributed by atoms with Crippen molar-refractivity contribution in [1.29, 1.82) is 0 Å². The van der Waals surface area contributed by atoms with Crippen molar-refractivity contribution in [2.45, 2.75) is 39.7 Å². The van der Waals surface area contributed by atoms with Gasteiger partial charge < -0.3 is 13.9 Å². The molecule has 2 unspecified atom stereocenters. The Morgan fingerprint density at radius 2 is 2.28 bits per heavy atom. The van der Waals surface area contributed by atoms with Crippen LogP contribution < -0.4 is 0 Å². The van der Waals surface area contributed by atoms with Crippen LogP contribution >= 0.6 is 0 Å². The van der Waals surface area contributed by atoms with Crippen LogP contribution in [0.2, 0.25) is 0 Å². The van der Waals surface area contributed by atoms with Gasteiger partial charge in [-0.05, 0) is 25.7 Å². The molecule has 18 heavy (non-hydrogen) atoms. The summed E-state index contributed by atoms with van der Waals surface area (Å²) in [5.41, 5.74) is 0.645. The van der Waals surface area contributed by atoms with Crippen molar-refractivity contribution in [1.82, 2.24) is 4.98 Å². The summed E-state index contributed by atoms with van der Waals surface area (Å²) in [5, 5.41) is 0. The lowest BCUT2D eigenvalue weighted by Crippen LogP contribution is -2.06. The summed E-state index contributed by atoms with van der Waals surface area (Å²) >= 11 is 0. The van der Waals surface area contributed by atoms with Gasteiger partial charge in [0.2, 0.25) is 11.7 Å². The number of aryl methyl sites for hydroxylation is 1. The van der Waals surface area contributed by atoms with E-state index in [0.29, 0.717) is 37.1 Å². The largest absolute Gasteiger partial charge is 0.460 e. The molecular formula is C13H19NO4. The van der Waals surface area contributed by atoms with Crippen molar-refractivity contribution < 1.29 is 18.7 Å². The Morgan fingerprint density at radius 1 is 1.50 bits per heavy atom. The van der Waals surface area contributed by atoms with Gasteiger partial charge in [-0.2, -0.15) is 0 Å². The van der Waals surface area contributed by atoms with E-state index in [9.17, 15) is 4.79 Å². The van der Waals surface area contributed by atoms with Crippen molar-refractivity contribution in [2.75, 3.05) is 13.2 Å². The smallest absolute Gasteiger partial charge is 0.376 e. The molecule has 0 aliphatic carbocycles. The molecule has 100 valence electrons. The second-order valence-electron chi connectivity index (χ2n) is 4.46.